The van der Waals surface area contributed by atoms with Gasteiger partial charge >= 0.3 is 0 Å². The van der Waals surface area contributed by atoms with Gasteiger partial charge in [-0.3, -0.25) is 13.9 Å². The Bertz CT molecular complexity index is 1170. The highest BCUT2D eigenvalue weighted by Gasteiger charge is 2.28. The molecule has 37 heavy (non-hydrogen) atoms. The van der Waals surface area contributed by atoms with Crippen molar-refractivity contribution < 1.29 is 18.0 Å². The van der Waals surface area contributed by atoms with E-state index in [4.69, 9.17) is 11.6 Å². The molecule has 0 aliphatic heterocycles. The van der Waals surface area contributed by atoms with E-state index in [1.54, 1.807) is 36.1 Å². The topological polar surface area (TPSA) is 86.8 Å². The van der Waals surface area contributed by atoms with Crippen LogP contribution in [0, 0.1) is 0 Å². The average molecular weight is 613 g/mol. The maximum absolute atomic E-state index is 13.4. The summed E-state index contributed by atoms with van der Waals surface area (Å²) in [5.41, 5.74) is 1.39. The van der Waals surface area contributed by atoms with Gasteiger partial charge in [-0.1, -0.05) is 58.9 Å². The third-order valence-corrected chi connectivity index (χ3v) is 8.57. The molecule has 2 aromatic rings. The van der Waals surface area contributed by atoms with E-state index in [0.717, 1.165) is 42.0 Å². The van der Waals surface area contributed by atoms with Gasteiger partial charge < -0.3 is 10.2 Å². The van der Waals surface area contributed by atoms with Crippen LogP contribution in [-0.2, 0) is 26.2 Å². The highest BCUT2D eigenvalue weighted by molar-refractivity contribution is 9.10. The van der Waals surface area contributed by atoms with E-state index in [9.17, 15) is 18.0 Å². The number of carbonyl (C=O) groups is 2. The van der Waals surface area contributed by atoms with Gasteiger partial charge in [0, 0.05) is 35.0 Å². The summed E-state index contributed by atoms with van der Waals surface area (Å²) in [5.74, 6) is -0.356. The van der Waals surface area contributed by atoms with Crippen LogP contribution in [0.3, 0.4) is 0 Å². The van der Waals surface area contributed by atoms with Gasteiger partial charge in [-0.05, 0) is 68.1 Å². The van der Waals surface area contributed by atoms with E-state index in [0.29, 0.717) is 17.1 Å². The minimum atomic E-state index is -3.55. The minimum Gasteiger partial charge on any atom is -0.352 e. The fourth-order valence-corrected chi connectivity index (χ4v) is 6.13. The number of sulfonamides is 1. The number of rotatable bonds is 11. The van der Waals surface area contributed by atoms with E-state index in [-0.39, 0.29) is 37.4 Å². The number of anilines is 1. The van der Waals surface area contributed by atoms with E-state index < -0.39 is 16.1 Å². The normalized spacial score (nSPS) is 15.1. The summed E-state index contributed by atoms with van der Waals surface area (Å²) in [5, 5.41) is 3.64. The summed E-state index contributed by atoms with van der Waals surface area (Å²) in [7, 11) is -3.55. The lowest BCUT2D eigenvalue weighted by Gasteiger charge is -2.31. The molecular weight excluding hydrogens is 578 g/mol. The summed E-state index contributed by atoms with van der Waals surface area (Å²) in [4.78, 5) is 28.1. The molecule has 3 rings (SSSR count). The van der Waals surface area contributed by atoms with E-state index in [1.807, 2.05) is 24.3 Å². The average Bonchev–Trinajstić information content (AvgIpc) is 2.85. The molecule has 0 aromatic heterocycles. The van der Waals surface area contributed by atoms with Crippen molar-refractivity contribution in [1.82, 2.24) is 10.2 Å². The highest BCUT2D eigenvalue weighted by atomic mass is 79.9. The molecule has 1 aliphatic rings. The van der Waals surface area contributed by atoms with Crippen molar-refractivity contribution in [3.8, 4) is 0 Å². The molecule has 0 saturated heterocycles. The van der Waals surface area contributed by atoms with Crippen molar-refractivity contribution in [2.24, 2.45) is 0 Å². The zero-order valence-corrected chi connectivity index (χ0v) is 24.5. The van der Waals surface area contributed by atoms with Crippen LogP contribution in [0.15, 0.2) is 53.0 Å². The maximum Gasteiger partial charge on any atom is 0.242 e. The third-order valence-electron chi connectivity index (χ3n) is 6.63. The second-order valence-electron chi connectivity index (χ2n) is 9.59. The van der Waals surface area contributed by atoms with Crippen molar-refractivity contribution in [2.45, 2.75) is 70.5 Å². The summed E-state index contributed by atoms with van der Waals surface area (Å²) < 4.78 is 27.0. The lowest BCUT2D eigenvalue weighted by Crippen LogP contribution is -2.50. The monoisotopic (exact) mass is 611 g/mol. The van der Waals surface area contributed by atoms with Crippen LogP contribution in [-0.4, -0.2) is 50.0 Å². The van der Waals surface area contributed by atoms with Crippen molar-refractivity contribution in [3.63, 3.8) is 0 Å². The molecule has 1 N–H and O–H groups in total. The Labute approximate surface area is 233 Å². The molecule has 0 spiro atoms. The number of hydrogen-bond donors (Lipinski definition) is 1. The first-order chi connectivity index (χ1) is 17.5. The lowest BCUT2D eigenvalue weighted by atomic mass is 9.95. The number of carbonyl (C=O) groups excluding carboxylic acids is 2. The van der Waals surface area contributed by atoms with Gasteiger partial charge in [-0.15, -0.1) is 0 Å². The summed E-state index contributed by atoms with van der Waals surface area (Å²) in [6.45, 7) is 2.18. The standard InChI is InChI=1S/C27H35BrClN3O4S/c1-20(27(34)30-24-10-4-3-5-11-24)31(19-21-8-6-9-22(28)18-21)26(33)12-7-17-32(37(2,35)36)25-15-13-23(29)14-16-25/h6,8-9,13-16,18,20,24H,3-5,7,10-12,17,19H2,1-2H3,(H,30,34)/t20-/m0/s1. The molecule has 7 nitrogen and oxygen atoms in total. The Balaban J connectivity index is 1.71. The van der Waals surface area contributed by atoms with Gasteiger partial charge in [-0.2, -0.15) is 0 Å². The van der Waals surface area contributed by atoms with Gasteiger partial charge in [0.2, 0.25) is 21.8 Å². The quantitative estimate of drug-likeness (QED) is 0.362. The Morgan fingerprint density at radius 2 is 1.78 bits per heavy atom. The van der Waals surface area contributed by atoms with Gasteiger partial charge in [0.05, 0.1) is 11.9 Å². The molecule has 2 amide bonds. The first kappa shape index (κ1) is 29.5. The zero-order chi connectivity index (χ0) is 27.0. The van der Waals surface area contributed by atoms with Gasteiger partial charge in [0.25, 0.3) is 0 Å². The molecule has 0 bridgehead atoms. The van der Waals surface area contributed by atoms with Crippen molar-refractivity contribution in [2.75, 3.05) is 17.1 Å². The van der Waals surface area contributed by atoms with Crippen molar-refractivity contribution >= 4 is 55.1 Å². The van der Waals surface area contributed by atoms with Crippen LogP contribution in [0.4, 0.5) is 5.69 Å². The third kappa shape index (κ3) is 9.00. The first-order valence-corrected chi connectivity index (χ1v) is 15.6. The van der Waals surface area contributed by atoms with E-state index in [2.05, 4.69) is 21.2 Å². The van der Waals surface area contributed by atoms with Crippen LogP contribution >= 0.6 is 27.5 Å². The Hall–Kier alpha value is -2.10. The SMILES string of the molecule is C[C@@H](C(=O)NC1CCCCC1)N(Cc1cccc(Br)c1)C(=O)CCCN(c1ccc(Cl)cc1)S(C)(=O)=O. The second kappa shape index (κ2) is 13.6. The molecule has 0 radical (unpaired) electrons. The van der Waals surface area contributed by atoms with E-state index >= 15 is 0 Å². The maximum atomic E-state index is 13.4. The van der Waals surface area contributed by atoms with Gasteiger partial charge in [0.1, 0.15) is 6.04 Å². The zero-order valence-electron chi connectivity index (χ0n) is 21.3. The molecule has 10 heteroatoms. The van der Waals surface area contributed by atoms with Crippen LogP contribution in [0.1, 0.15) is 57.4 Å². The molecule has 202 valence electrons. The minimum absolute atomic E-state index is 0.106. The molecule has 1 aliphatic carbocycles. The lowest BCUT2D eigenvalue weighted by molar-refractivity contribution is -0.141. The molecule has 0 heterocycles. The van der Waals surface area contributed by atoms with Gasteiger partial charge in [-0.25, -0.2) is 8.42 Å². The van der Waals surface area contributed by atoms with Crippen LogP contribution in [0.2, 0.25) is 5.02 Å². The number of amides is 2. The smallest absolute Gasteiger partial charge is 0.242 e. The fraction of sp³-hybridized carbons (Fsp3) is 0.481. The number of benzene rings is 2. The predicted octanol–water partition coefficient (Wildman–Crippen LogP) is 5.51. The Kier molecular flexibility index (Phi) is 10.8. The molecule has 0 unspecified atom stereocenters. The Morgan fingerprint density at radius 1 is 1.11 bits per heavy atom. The number of hydrogen-bond acceptors (Lipinski definition) is 4. The van der Waals surface area contributed by atoms with Crippen molar-refractivity contribution in [3.05, 3.63) is 63.6 Å². The largest absolute Gasteiger partial charge is 0.352 e. The molecular formula is C27H35BrClN3O4S. The number of nitrogens with zero attached hydrogens (tertiary/aromatic N) is 2. The Morgan fingerprint density at radius 3 is 2.41 bits per heavy atom. The van der Waals surface area contributed by atoms with E-state index in [1.165, 1.54) is 10.7 Å². The van der Waals surface area contributed by atoms with Crippen LogP contribution in [0.5, 0.6) is 0 Å². The van der Waals surface area contributed by atoms with Crippen LogP contribution in [0.25, 0.3) is 0 Å². The molecule has 1 saturated carbocycles. The number of nitrogens with one attached hydrogen (secondary N) is 1. The molecule has 1 atom stereocenters. The summed E-state index contributed by atoms with van der Waals surface area (Å²) in [6, 6.07) is 13.7. The number of halogens is 2. The van der Waals surface area contributed by atoms with Crippen LogP contribution < -0.4 is 9.62 Å². The second-order valence-corrected chi connectivity index (χ2v) is 12.8. The molecule has 2 aromatic carbocycles. The van der Waals surface area contributed by atoms with Gasteiger partial charge in [0.15, 0.2) is 0 Å². The first-order valence-electron chi connectivity index (χ1n) is 12.6. The highest BCUT2D eigenvalue weighted by Crippen LogP contribution is 2.22. The summed E-state index contributed by atoms with van der Waals surface area (Å²) in [6.07, 6.45) is 6.87. The predicted molar refractivity (Wildman–Crippen MR) is 152 cm³/mol. The fourth-order valence-electron chi connectivity index (χ4n) is 4.59. The summed E-state index contributed by atoms with van der Waals surface area (Å²) >= 11 is 9.42. The van der Waals surface area contributed by atoms with Crippen molar-refractivity contribution in [1.29, 1.82) is 0 Å². The molecule has 1 fully saturated rings.